The Bertz CT molecular complexity index is 533. The van der Waals surface area contributed by atoms with E-state index < -0.39 is 5.97 Å². The van der Waals surface area contributed by atoms with Crippen LogP contribution in [0.5, 0.6) is 0 Å². The summed E-state index contributed by atoms with van der Waals surface area (Å²) in [5.74, 6) is -0.890. The van der Waals surface area contributed by atoms with Gasteiger partial charge in [0.1, 0.15) is 4.88 Å². The van der Waals surface area contributed by atoms with Gasteiger partial charge in [0.25, 0.3) is 0 Å². The predicted molar refractivity (Wildman–Crippen MR) is 73.9 cm³/mol. The number of carboxylic acids is 1. The van der Waals surface area contributed by atoms with Crippen LogP contribution in [-0.2, 0) is 18.0 Å². The first-order chi connectivity index (χ1) is 8.65. The maximum atomic E-state index is 10.7. The monoisotopic (exact) mass is 326 g/mol. The molecule has 1 N–H and O–H groups in total. The Morgan fingerprint density at radius 2 is 1.89 bits per heavy atom. The maximum Gasteiger partial charge on any atom is 0.345 e. The molecule has 2 aromatic rings. The second-order valence-corrected chi connectivity index (χ2v) is 5.77. The third-order valence-electron chi connectivity index (χ3n) is 2.30. The van der Waals surface area contributed by atoms with Gasteiger partial charge in [-0.15, -0.1) is 11.3 Å². The fraction of sp³-hybridized carbons (Fsp3) is 0.154. The highest BCUT2D eigenvalue weighted by Gasteiger charge is 2.06. The number of rotatable bonds is 5. The zero-order valence-electron chi connectivity index (χ0n) is 9.43. The molecule has 0 radical (unpaired) electrons. The topological polar surface area (TPSA) is 46.5 Å². The fourth-order valence-electron chi connectivity index (χ4n) is 1.42. The molecule has 0 saturated carbocycles. The molecule has 0 saturated heterocycles. The molecule has 0 spiro atoms. The summed E-state index contributed by atoms with van der Waals surface area (Å²) in [5, 5.41) is 8.79. The summed E-state index contributed by atoms with van der Waals surface area (Å²) in [6, 6.07) is 11.3. The first kappa shape index (κ1) is 13.3. The SMILES string of the molecule is O=C(O)c1ccc(COCc2ccc(Br)cc2)s1. The van der Waals surface area contributed by atoms with Crippen molar-refractivity contribution < 1.29 is 14.6 Å². The number of aromatic carboxylic acids is 1. The molecular weight excluding hydrogens is 316 g/mol. The van der Waals surface area contributed by atoms with E-state index in [1.807, 2.05) is 24.3 Å². The van der Waals surface area contributed by atoms with Crippen molar-refractivity contribution in [3.8, 4) is 0 Å². The molecule has 0 unspecified atom stereocenters. The number of carboxylic acid groups (broad SMARTS) is 1. The van der Waals surface area contributed by atoms with Gasteiger partial charge in [-0.2, -0.15) is 0 Å². The van der Waals surface area contributed by atoms with E-state index in [0.29, 0.717) is 18.1 Å². The number of halogens is 1. The predicted octanol–water partition coefficient (Wildman–Crippen LogP) is 3.93. The van der Waals surface area contributed by atoms with Gasteiger partial charge < -0.3 is 9.84 Å². The Morgan fingerprint density at radius 1 is 1.17 bits per heavy atom. The van der Waals surface area contributed by atoms with Gasteiger partial charge in [-0.3, -0.25) is 0 Å². The average molecular weight is 327 g/mol. The molecule has 0 aliphatic heterocycles. The molecule has 5 heteroatoms. The van der Waals surface area contributed by atoms with E-state index in [1.54, 1.807) is 12.1 Å². The molecule has 18 heavy (non-hydrogen) atoms. The van der Waals surface area contributed by atoms with Crippen molar-refractivity contribution in [3.05, 3.63) is 56.2 Å². The van der Waals surface area contributed by atoms with Crippen LogP contribution in [-0.4, -0.2) is 11.1 Å². The van der Waals surface area contributed by atoms with Crippen molar-refractivity contribution in [3.63, 3.8) is 0 Å². The van der Waals surface area contributed by atoms with E-state index in [2.05, 4.69) is 15.9 Å². The number of hydrogen-bond donors (Lipinski definition) is 1. The molecule has 0 amide bonds. The Kier molecular flexibility index (Phi) is 4.52. The van der Waals surface area contributed by atoms with Gasteiger partial charge in [0, 0.05) is 9.35 Å². The standard InChI is InChI=1S/C13H11BrO3S/c14-10-3-1-9(2-4-10)7-17-8-11-5-6-12(18-11)13(15)16/h1-6H,7-8H2,(H,15,16). The average Bonchev–Trinajstić information content (AvgIpc) is 2.81. The van der Waals surface area contributed by atoms with Crippen LogP contribution in [0.25, 0.3) is 0 Å². The van der Waals surface area contributed by atoms with Crippen LogP contribution in [0, 0.1) is 0 Å². The van der Waals surface area contributed by atoms with Crippen molar-refractivity contribution in [2.45, 2.75) is 13.2 Å². The van der Waals surface area contributed by atoms with Crippen LogP contribution < -0.4 is 0 Å². The Labute approximate surface area is 117 Å². The van der Waals surface area contributed by atoms with Crippen LogP contribution in [0.3, 0.4) is 0 Å². The van der Waals surface area contributed by atoms with Crippen molar-refractivity contribution in [2.24, 2.45) is 0 Å². The lowest BCUT2D eigenvalue weighted by Gasteiger charge is -2.02. The van der Waals surface area contributed by atoms with Crippen molar-refractivity contribution in [1.82, 2.24) is 0 Å². The van der Waals surface area contributed by atoms with Crippen LogP contribution >= 0.6 is 27.3 Å². The van der Waals surface area contributed by atoms with Crippen molar-refractivity contribution in [1.29, 1.82) is 0 Å². The molecule has 1 aromatic carbocycles. The molecule has 0 aliphatic carbocycles. The van der Waals surface area contributed by atoms with E-state index in [0.717, 1.165) is 14.9 Å². The van der Waals surface area contributed by atoms with Gasteiger partial charge in [-0.25, -0.2) is 4.79 Å². The van der Waals surface area contributed by atoms with Gasteiger partial charge in [0.2, 0.25) is 0 Å². The molecule has 1 heterocycles. The number of carbonyl (C=O) groups is 1. The minimum atomic E-state index is -0.890. The Hall–Kier alpha value is -1.17. The van der Waals surface area contributed by atoms with Crippen LogP contribution in [0.4, 0.5) is 0 Å². The van der Waals surface area contributed by atoms with Gasteiger partial charge in [-0.05, 0) is 29.8 Å². The number of hydrogen-bond acceptors (Lipinski definition) is 3. The molecule has 0 aliphatic rings. The summed E-state index contributed by atoms with van der Waals surface area (Å²) in [6.45, 7) is 0.960. The third-order valence-corrected chi connectivity index (χ3v) is 3.87. The van der Waals surface area contributed by atoms with Crippen molar-refractivity contribution in [2.75, 3.05) is 0 Å². The van der Waals surface area contributed by atoms with E-state index >= 15 is 0 Å². The summed E-state index contributed by atoms with van der Waals surface area (Å²) in [4.78, 5) is 12.0. The molecule has 3 nitrogen and oxygen atoms in total. The van der Waals surface area contributed by atoms with Crippen LogP contribution in [0.15, 0.2) is 40.9 Å². The lowest BCUT2D eigenvalue weighted by atomic mass is 10.2. The lowest BCUT2D eigenvalue weighted by Crippen LogP contribution is -1.92. The highest BCUT2D eigenvalue weighted by Crippen LogP contribution is 2.18. The van der Waals surface area contributed by atoms with Crippen LogP contribution in [0.2, 0.25) is 0 Å². The molecule has 0 atom stereocenters. The first-order valence-corrected chi connectivity index (χ1v) is 6.90. The van der Waals surface area contributed by atoms with Gasteiger partial charge >= 0.3 is 5.97 Å². The van der Waals surface area contributed by atoms with Crippen molar-refractivity contribution >= 4 is 33.2 Å². The molecule has 1 aromatic heterocycles. The summed E-state index contributed by atoms with van der Waals surface area (Å²) >= 11 is 4.62. The molecule has 0 fully saturated rings. The minimum Gasteiger partial charge on any atom is -0.477 e. The second kappa shape index (κ2) is 6.13. The third kappa shape index (κ3) is 3.66. The van der Waals surface area contributed by atoms with E-state index in [4.69, 9.17) is 9.84 Å². The van der Waals surface area contributed by atoms with Crippen LogP contribution in [0.1, 0.15) is 20.1 Å². The maximum absolute atomic E-state index is 10.7. The minimum absolute atomic E-state index is 0.345. The molecule has 94 valence electrons. The highest BCUT2D eigenvalue weighted by atomic mass is 79.9. The van der Waals surface area contributed by atoms with Gasteiger partial charge in [-0.1, -0.05) is 28.1 Å². The number of ether oxygens (including phenoxy) is 1. The van der Waals surface area contributed by atoms with E-state index in [9.17, 15) is 4.79 Å². The zero-order valence-corrected chi connectivity index (χ0v) is 11.8. The highest BCUT2D eigenvalue weighted by molar-refractivity contribution is 9.10. The smallest absolute Gasteiger partial charge is 0.345 e. The Balaban J connectivity index is 1.84. The van der Waals surface area contributed by atoms with E-state index in [1.165, 1.54) is 11.3 Å². The summed E-state index contributed by atoms with van der Waals surface area (Å²) < 4.78 is 6.58. The van der Waals surface area contributed by atoms with Gasteiger partial charge in [0.15, 0.2) is 0 Å². The number of thiophene rings is 1. The van der Waals surface area contributed by atoms with E-state index in [-0.39, 0.29) is 0 Å². The largest absolute Gasteiger partial charge is 0.477 e. The van der Waals surface area contributed by atoms with Gasteiger partial charge in [0.05, 0.1) is 13.2 Å². The fourth-order valence-corrected chi connectivity index (χ4v) is 2.47. The lowest BCUT2D eigenvalue weighted by molar-refractivity contribution is 0.0702. The Morgan fingerprint density at radius 3 is 2.50 bits per heavy atom. The molecular formula is C13H11BrO3S. The summed E-state index contributed by atoms with van der Waals surface area (Å²) in [7, 11) is 0. The molecule has 0 bridgehead atoms. The second-order valence-electron chi connectivity index (χ2n) is 3.69. The summed E-state index contributed by atoms with van der Waals surface area (Å²) in [6.07, 6.45) is 0. The zero-order chi connectivity index (χ0) is 13.0. The summed E-state index contributed by atoms with van der Waals surface area (Å²) in [5.41, 5.74) is 1.09. The normalized spacial score (nSPS) is 10.5. The number of benzene rings is 1. The first-order valence-electron chi connectivity index (χ1n) is 5.29. The quantitative estimate of drug-likeness (QED) is 0.905. The molecule has 2 rings (SSSR count).